The maximum Gasteiger partial charge on any atom is 0.173 e. The highest BCUT2D eigenvalue weighted by Crippen LogP contribution is 2.30. The lowest BCUT2D eigenvalue weighted by Gasteiger charge is -2.03. The zero-order valence-electron chi connectivity index (χ0n) is 7.60. The minimum absolute atomic E-state index is 0.550. The molecule has 0 aromatic carbocycles. The predicted octanol–water partition coefficient (Wildman–Crippen LogP) is 1.56. The van der Waals surface area contributed by atoms with E-state index < -0.39 is 6.10 Å². The van der Waals surface area contributed by atoms with Crippen molar-refractivity contribution in [3.8, 4) is 5.06 Å². The Hall–Kier alpha value is -1.33. The van der Waals surface area contributed by atoms with Gasteiger partial charge in [-0.05, 0) is 12.1 Å². The van der Waals surface area contributed by atoms with Gasteiger partial charge in [-0.25, -0.2) is 4.98 Å². The van der Waals surface area contributed by atoms with Crippen LogP contribution < -0.4 is 4.74 Å². The number of rotatable bonds is 3. The molecular weight excluding hydrogens is 200 g/mol. The normalized spacial score (nSPS) is 12.7. The molecule has 2 N–H and O–H groups in total. The lowest BCUT2D eigenvalue weighted by molar-refractivity contribution is 0.215. The predicted molar refractivity (Wildman–Crippen MR) is 53.5 cm³/mol. The van der Waals surface area contributed by atoms with Gasteiger partial charge in [0, 0.05) is 17.3 Å². The molecule has 2 rings (SSSR count). The first-order chi connectivity index (χ1) is 6.81. The molecule has 0 aliphatic rings. The minimum atomic E-state index is -0.695. The third kappa shape index (κ3) is 1.64. The SMILES string of the molecule is COc1ccc(C(O)c2ncc[nH]2)s1. The molecule has 0 bridgehead atoms. The van der Waals surface area contributed by atoms with Crippen LogP contribution in [-0.4, -0.2) is 22.2 Å². The number of aliphatic hydroxyl groups excluding tert-OH is 1. The first kappa shape index (κ1) is 9.23. The Kier molecular flexibility index (Phi) is 2.51. The Bertz CT molecular complexity index is 397. The molecule has 2 aromatic heterocycles. The number of aromatic amines is 1. The molecule has 1 atom stereocenters. The van der Waals surface area contributed by atoms with Crippen LogP contribution in [-0.2, 0) is 0 Å². The average molecular weight is 210 g/mol. The topological polar surface area (TPSA) is 58.1 Å². The summed E-state index contributed by atoms with van der Waals surface area (Å²) >= 11 is 1.41. The van der Waals surface area contributed by atoms with Crippen LogP contribution in [0.5, 0.6) is 5.06 Å². The number of hydrogen-bond donors (Lipinski definition) is 2. The molecule has 0 amide bonds. The Morgan fingerprint density at radius 3 is 3.00 bits per heavy atom. The summed E-state index contributed by atoms with van der Waals surface area (Å²) in [5, 5.41) is 10.6. The molecule has 5 heteroatoms. The molecule has 74 valence electrons. The van der Waals surface area contributed by atoms with E-state index in [0.29, 0.717) is 5.82 Å². The fraction of sp³-hybridized carbons (Fsp3) is 0.222. The van der Waals surface area contributed by atoms with Gasteiger partial charge in [-0.2, -0.15) is 0 Å². The summed E-state index contributed by atoms with van der Waals surface area (Å²) in [6.07, 6.45) is 2.60. The molecule has 2 aromatic rings. The van der Waals surface area contributed by atoms with Gasteiger partial charge in [-0.3, -0.25) is 0 Å². The Morgan fingerprint density at radius 2 is 2.43 bits per heavy atom. The van der Waals surface area contributed by atoms with Crippen molar-refractivity contribution in [3.05, 3.63) is 35.2 Å². The second kappa shape index (κ2) is 3.81. The number of methoxy groups -OCH3 is 1. The van der Waals surface area contributed by atoms with Gasteiger partial charge in [0.25, 0.3) is 0 Å². The Labute approximate surface area is 85.2 Å². The highest BCUT2D eigenvalue weighted by molar-refractivity contribution is 7.13. The van der Waals surface area contributed by atoms with Crippen molar-refractivity contribution in [2.75, 3.05) is 7.11 Å². The monoisotopic (exact) mass is 210 g/mol. The van der Waals surface area contributed by atoms with Crippen molar-refractivity contribution in [2.24, 2.45) is 0 Å². The molecule has 0 saturated carbocycles. The molecule has 0 fully saturated rings. The molecule has 0 aliphatic heterocycles. The number of hydrogen-bond acceptors (Lipinski definition) is 4. The van der Waals surface area contributed by atoms with Gasteiger partial charge in [0.15, 0.2) is 5.06 Å². The van der Waals surface area contributed by atoms with Crippen molar-refractivity contribution < 1.29 is 9.84 Å². The van der Waals surface area contributed by atoms with Gasteiger partial charge >= 0.3 is 0 Å². The van der Waals surface area contributed by atoms with Crippen molar-refractivity contribution in [2.45, 2.75) is 6.10 Å². The Balaban J connectivity index is 2.23. The lowest BCUT2D eigenvalue weighted by Crippen LogP contribution is -1.98. The highest BCUT2D eigenvalue weighted by atomic mass is 32.1. The van der Waals surface area contributed by atoms with E-state index in [1.54, 1.807) is 19.5 Å². The van der Waals surface area contributed by atoms with Gasteiger partial charge < -0.3 is 14.8 Å². The van der Waals surface area contributed by atoms with E-state index in [1.165, 1.54) is 11.3 Å². The summed E-state index contributed by atoms with van der Waals surface area (Å²) < 4.78 is 5.04. The van der Waals surface area contributed by atoms with Gasteiger partial charge in [-0.1, -0.05) is 0 Å². The quantitative estimate of drug-likeness (QED) is 0.808. The molecule has 0 radical (unpaired) electrons. The Morgan fingerprint density at radius 1 is 1.57 bits per heavy atom. The third-order valence-electron chi connectivity index (χ3n) is 1.85. The van der Waals surface area contributed by atoms with Gasteiger partial charge in [-0.15, -0.1) is 11.3 Å². The average Bonchev–Trinajstić information content (AvgIpc) is 2.88. The zero-order chi connectivity index (χ0) is 9.97. The number of nitrogens with one attached hydrogen (secondary N) is 1. The van der Waals surface area contributed by atoms with Crippen molar-refractivity contribution in [1.82, 2.24) is 9.97 Å². The molecular formula is C9H10N2O2S. The van der Waals surface area contributed by atoms with Crippen molar-refractivity contribution in [1.29, 1.82) is 0 Å². The second-order valence-corrected chi connectivity index (χ2v) is 3.82. The molecule has 2 heterocycles. The molecule has 14 heavy (non-hydrogen) atoms. The van der Waals surface area contributed by atoms with Gasteiger partial charge in [0.2, 0.25) is 0 Å². The summed E-state index contributed by atoms with van der Waals surface area (Å²) in [5.41, 5.74) is 0. The standard InChI is InChI=1S/C9H10N2O2S/c1-13-7-3-2-6(14-7)8(12)9-10-4-5-11-9/h2-5,8,12H,1H3,(H,10,11). The number of thiophene rings is 1. The van der Waals surface area contributed by atoms with Crippen LogP contribution in [0, 0.1) is 0 Å². The maximum atomic E-state index is 9.85. The molecule has 4 nitrogen and oxygen atoms in total. The number of nitrogens with zero attached hydrogens (tertiary/aromatic N) is 1. The maximum absolute atomic E-state index is 9.85. The number of aliphatic hydroxyl groups is 1. The van der Waals surface area contributed by atoms with E-state index in [1.807, 2.05) is 12.1 Å². The zero-order valence-corrected chi connectivity index (χ0v) is 8.41. The van der Waals surface area contributed by atoms with Crippen molar-refractivity contribution in [3.63, 3.8) is 0 Å². The van der Waals surface area contributed by atoms with E-state index in [2.05, 4.69) is 9.97 Å². The van der Waals surface area contributed by atoms with E-state index in [0.717, 1.165) is 9.94 Å². The highest BCUT2D eigenvalue weighted by Gasteiger charge is 2.14. The first-order valence-corrected chi connectivity index (χ1v) is 4.94. The fourth-order valence-electron chi connectivity index (χ4n) is 1.15. The smallest absolute Gasteiger partial charge is 0.173 e. The summed E-state index contributed by atoms with van der Waals surface area (Å²) in [5.74, 6) is 0.550. The summed E-state index contributed by atoms with van der Waals surface area (Å²) in [7, 11) is 1.61. The van der Waals surface area contributed by atoms with Crippen LogP contribution in [0.25, 0.3) is 0 Å². The third-order valence-corrected chi connectivity index (χ3v) is 2.95. The van der Waals surface area contributed by atoms with Crippen molar-refractivity contribution >= 4 is 11.3 Å². The molecule has 0 aliphatic carbocycles. The van der Waals surface area contributed by atoms with Crippen LogP contribution in [0.4, 0.5) is 0 Å². The number of H-pyrrole nitrogens is 1. The number of ether oxygens (including phenoxy) is 1. The minimum Gasteiger partial charge on any atom is -0.487 e. The van der Waals surface area contributed by atoms with E-state index in [4.69, 9.17) is 4.74 Å². The van der Waals surface area contributed by atoms with Crippen LogP contribution in [0.2, 0.25) is 0 Å². The van der Waals surface area contributed by atoms with Crippen LogP contribution >= 0.6 is 11.3 Å². The van der Waals surface area contributed by atoms with Crippen LogP contribution in [0.1, 0.15) is 16.8 Å². The second-order valence-electron chi connectivity index (χ2n) is 2.74. The summed E-state index contributed by atoms with van der Waals surface area (Å²) in [4.78, 5) is 7.67. The number of imidazole rings is 1. The van der Waals surface area contributed by atoms with Crippen LogP contribution in [0.15, 0.2) is 24.5 Å². The fourth-order valence-corrected chi connectivity index (χ4v) is 1.96. The molecule has 0 spiro atoms. The van der Waals surface area contributed by atoms with Crippen LogP contribution in [0.3, 0.4) is 0 Å². The van der Waals surface area contributed by atoms with Gasteiger partial charge in [0.05, 0.1) is 7.11 Å². The van der Waals surface area contributed by atoms with Gasteiger partial charge in [0.1, 0.15) is 11.9 Å². The molecule has 1 unspecified atom stereocenters. The largest absolute Gasteiger partial charge is 0.487 e. The van der Waals surface area contributed by atoms with E-state index in [9.17, 15) is 5.11 Å². The van der Waals surface area contributed by atoms with E-state index >= 15 is 0 Å². The summed E-state index contributed by atoms with van der Waals surface area (Å²) in [6.45, 7) is 0. The molecule has 0 saturated heterocycles. The van der Waals surface area contributed by atoms with E-state index in [-0.39, 0.29) is 0 Å². The lowest BCUT2D eigenvalue weighted by atomic mass is 10.3. The number of aromatic nitrogens is 2. The summed E-state index contributed by atoms with van der Waals surface area (Å²) in [6, 6.07) is 3.66. The first-order valence-electron chi connectivity index (χ1n) is 4.12.